The van der Waals surface area contributed by atoms with E-state index in [9.17, 15) is 9.59 Å². The number of carbonyl (C=O) groups is 2. The monoisotopic (exact) mass is 335 g/mol. The van der Waals surface area contributed by atoms with Gasteiger partial charge in [0.2, 0.25) is 5.91 Å². The van der Waals surface area contributed by atoms with Crippen molar-refractivity contribution in [1.82, 2.24) is 14.7 Å². The third-order valence-corrected chi connectivity index (χ3v) is 5.31. The largest absolute Gasteiger partial charge is 0.469 e. The highest BCUT2D eigenvalue weighted by Crippen LogP contribution is 2.26. The molecule has 0 aromatic carbocycles. The van der Waals surface area contributed by atoms with Gasteiger partial charge in [-0.05, 0) is 38.2 Å². The molecule has 134 valence electrons. The Labute approximate surface area is 144 Å². The van der Waals surface area contributed by atoms with Crippen LogP contribution in [0, 0.1) is 31.6 Å². The van der Waals surface area contributed by atoms with Crippen LogP contribution in [0.2, 0.25) is 0 Å². The number of rotatable bonds is 4. The number of aryl methyl sites for hydroxylation is 2. The normalized spacial score (nSPS) is 22.3. The second kappa shape index (κ2) is 7.36. The van der Waals surface area contributed by atoms with Crippen molar-refractivity contribution < 1.29 is 14.3 Å². The number of nitrogens with zero attached hydrogens (tertiary/aromatic N) is 3. The average Bonchev–Trinajstić information content (AvgIpc) is 2.79. The Bertz CT molecular complexity index is 623. The summed E-state index contributed by atoms with van der Waals surface area (Å²) in [6.45, 7) is 9.26. The maximum Gasteiger partial charge on any atom is 0.309 e. The first-order chi connectivity index (χ1) is 11.3. The molecule has 0 spiro atoms. The van der Waals surface area contributed by atoms with Crippen LogP contribution in [0.4, 0.5) is 0 Å². The molecule has 24 heavy (non-hydrogen) atoms. The molecule has 2 rings (SSSR count). The summed E-state index contributed by atoms with van der Waals surface area (Å²) in [5.74, 6) is -0.0630. The van der Waals surface area contributed by atoms with Gasteiger partial charge in [0.15, 0.2) is 0 Å². The first kappa shape index (κ1) is 18.5. The van der Waals surface area contributed by atoms with Gasteiger partial charge < -0.3 is 9.64 Å². The fraction of sp³-hybridized carbons (Fsp3) is 0.722. The van der Waals surface area contributed by atoms with Gasteiger partial charge >= 0.3 is 5.97 Å². The molecule has 0 N–H and O–H groups in total. The van der Waals surface area contributed by atoms with E-state index in [0.29, 0.717) is 25.9 Å². The van der Waals surface area contributed by atoms with Crippen LogP contribution in [0.1, 0.15) is 37.2 Å². The molecule has 1 aromatic heterocycles. The maximum atomic E-state index is 12.8. The number of hydrogen-bond donors (Lipinski definition) is 0. The molecule has 3 atom stereocenters. The zero-order valence-corrected chi connectivity index (χ0v) is 15.6. The van der Waals surface area contributed by atoms with E-state index in [1.807, 2.05) is 44.3 Å². The van der Waals surface area contributed by atoms with Gasteiger partial charge in [-0.2, -0.15) is 5.10 Å². The van der Waals surface area contributed by atoms with Crippen molar-refractivity contribution in [3.05, 3.63) is 17.0 Å². The maximum absolute atomic E-state index is 12.8. The van der Waals surface area contributed by atoms with Crippen LogP contribution in [0.5, 0.6) is 0 Å². The molecule has 1 aliphatic heterocycles. The van der Waals surface area contributed by atoms with Crippen LogP contribution in [0.15, 0.2) is 0 Å². The van der Waals surface area contributed by atoms with Gasteiger partial charge in [0.25, 0.3) is 0 Å². The summed E-state index contributed by atoms with van der Waals surface area (Å²) in [4.78, 5) is 26.5. The van der Waals surface area contributed by atoms with E-state index >= 15 is 0 Å². The molecule has 1 saturated heterocycles. The number of amides is 1. The Morgan fingerprint density at radius 1 is 1.38 bits per heavy atom. The molecular weight excluding hydrogens is 306 g/mol. The second-order valence-electron chi connectivity index (χ2n) is 7.06. The fourth-order valence-corrected chi connectivity index (χ4v) is 3.67. The minimum absolute atomic E-state index is 0.0894. The van der Waals surface area contributed by atoms with Crippen molar-refractivity contribution in [3.63, 3.8) is 0 Å². The summed E-state index contributed by atoms with van der Waals surface area (Å²) in [7, 11) is 3.35. The lowest BCUT2D eigenvalue weighted by Gasteiger charge is -2.36. The van der Waals surface area contributed by atoms with Gasteiger partial charge in [-0.3, -0.25) is 14.3 Å². The van der Waals surface area contributed by atoms with Gasteiger partial charge in [0.05, 0.1) is 18.7 Å². The van der Waals surface area contributed by atoms with Gasteiger partial charge in [-0.1, -0.05) is 13.8 Å². The highest BCUT2D eigenvalue weighted by Gasteiger charge is 2.35. The van der Waals surface area contributed by atoms with Crippen LogP contribution < -0.4 is 0 Å². The summed E-state index contributed by atoms with van der Waals surface area (Å²) in [5, 5.41) is 4.43. The molecule has 1 aliphatic rings. The Morgan fingerprint density at radius 2 is 2.04 bits per heavy atom. The Kier molecular flexibility index (Phi) is 5.67. The standard InChI is InChI=1S/C18H29N3O3/c1-11(9-16-13(3)19-20(5)14(16)4)17(22)21-8-7-15(12(2)10-21)18(23)24-6/h11-12,15H,7-10H2,1-6H3/t11-,12+,15+/m0/s1. The summed E-state index contributed by atoms with van der Waals surface area (Å²) < 4.78 is 6.73. The summed E-state index contributed by atoms with van der Waals surface area (Å²) in [6, 6.07) is 0. The third kappa shape index (κ3) is 3.62. The number of likely N-dealkylation sites (tertiary alicyclic amines) is 1. The number of hydrogen-bond acceptors (Lipinski definition) is 4. The smallest absolute Gasteiger partial charge is 0.309 e. The molecule has 1 aromatic rings. The van der Waals surface area contributed by atoms with E-state index in [-0.39, 0.29) is 29.6 Å². The minimum atomic E-state index is -0.163. The molecule has 0 radical (unpaired) electrons. The Morgan fingerprint density at radius 3 is 2.54 bits per heavy atom. The second-order valence-corrected chi connectivity index (χ2v) is 7.06. The Balaban J connectivity index is 2.00. The predicted octanol–water partition coefficient (Wildman–Crippen LogP) is 1.87. The van der Waals surface area contributed by atoms with Gasteiger partial charge in [-0.15, -0.1) is 0 Å². The molecule has 6 nitrogen and oxygen atoms in total. The number of carbonyl (C=O) groups excluding carboxylic acids is 2. The summed E-state index contributed by atoms with van der Waals surface area (Å²) in [5.41, 5.74) is 3.27. The number of esters is 1. The molecule has 0 bridgehead atoms. The number of aromatic nitrogens is 2. The molecular formula is C18H29N3O3. The minimum Gasteiger partial charge on any atom is -0.469 e. The average molecular weight is 335 g/mol. The molecule has 0 aliphatic carbocycles. The quantitative estimate of drug-likeness (QED) is 0.788. The first-order valence-electron chi connectivity index (χ1n) is 8.61. The number of methoxy groups -OCH3 is 1. The third-order valence-electron chi connectivity index (χ3n) is 5.31. The van der Waals surface area contributed by atoms with Crippen molar-refractivity contribution in [2.75, 3.05) is 20.2 Å². The molecule has 1 amide bonds. The topological polar surface area (TPSA) is 64.4 Å². The Hall–Kier alpha value is -1.85. The lowest BCUT2D eigenvalue weighted by Crippen LogP contribution is -2.47. The lowest BCUT2D eigenvalue weighted by atomic mass is 9.86. The SMILES string of the molecule is COC(=O)[C@@H]1CCN(C(=O)[C@@H](C)Cc2c(C)nn(C)c2C)C[C@H]1C. The zero-order chi connectivity index (χ0) is 18.0. The van der Waals surface area contributed by atoms with Crippen molar-refractivity contribution in [1.29, 1.82) is 0 Å². The van der Waals surface area contributed by atoms with Crippen molar-refractivity contribution in [3.8, 4) is 0 Å². The molecule has 2 heterocycles. The van der Waals surface area contributed by atoms with E-state index in [1.54, 1.807) is 0 Å². The highest BCUT2D eigenvalue weighted by atomic mass is 16.5. The number of piperidine rings is 1. The van der Waals surface area contributed by atoms with Crippen LogP contribution in [-0.4, -0.2) is 46.8 Å². The summed E-state index contributed by atoms with van der Waals surface area (Å²) in [6.07, 6.45) is 1.38. The zero-order valence-electron chi connectivity index (χ0n) is 15.6. The predicted molar refractivity (Wildman–Crippen MR) is 91.4 cm³/mol. The van der Waals surface area contributed by atoms with E-state index < -0.39 is 0 Å². The van der Waals surface area contributed by atoms with Crippen LogP contribution >= 0.6 is 0 Å². The molecule has 1 fully saturated rings. The van der Waals surface area contributed by atoms with E-state index in [2.05, 4.69) is 5.10 Å². The van der Waals surface area contributed by atoms with E-state index in [1.165, 1.54) is 7.11 Å². The van der Waals surface area contributed by atoms with Crippen LogP contribution in [0.25, 0.3) is 0 Å². The highest BCUT2D eigenvalue weighted by molar-refractivity contribution is 5.79. The van der Waals surface area contributed by atoms with Crippen molar-refractivity contribution >= 4 is 11.9 Å². The van der Waals surface area contributed by atoms with Gasteiger partial charge in [0, 0.05) is 31.7 Å². The van der Waals surface area contributed by atoms with E-state index in [4.69, 9.17) is 4.74 Å². The van der Waals surface area contributed by atoms with Gasteiger partial charge in [-0.25, -0.2) is 0 Å². The lowest BCUT2D eigenvalue weighted by molar-refractivity contribution is -0.152. The van der Waals surface area contributed by atoms with E-state index in [0.717, 1.165) is 17.0 Å². The molecule has 6 heteroatoms. The van der Waals surface area contributed by atoms with Crippen LogP contribution in [-0.2, 0) is 27.8 Å². The fourth-order valence-electron chi connectivity index (χ4n) is 3.67. The van der Waals surface area contributed by atoms with Crippen LogP contribution in [0.3, 0.4) is 0 Å². The molecule has 0 saturated carbocycles. The number of ether oxygens (including phenoxy) is 1. The van der Waals surface area contributed by atoms with Crippen molar-refractivity contribution in [2.24, 2.45) is 24.8 Å². The summed E-state index contributed by atoms with van der Waals surface area (Å²) >= 11 is 0. The molecule has 0 unspecified atom stereocenters. The first-order valence-corrected chi connectivity index (χ1v) is 8.61. The van der Waals surface area contributed by atoms with Gasteiger partial charge in [0.1, 0.15) is 0 Å². The van der Waals surface area contributed by atoms with Crippen molar-refractivity contribution in [2.45, 2.75) is 40.5 Å².